The van der Waals surface area contributed by atoms with Crippen LogP contribution >= 0.6 is 0 Å². The maximum atomic E-state index is 12.1. The summed E-state index contributed by atoms with van der Waals surface area (Å²) in [6.45, 7) is 4.76. The molecule has 1 amide bonds. The van der Waals surface area contributed by atoms with Gasteiger partial charge in [0.2, 0.25) is 5.91 Å². The van der Waals surface area contributed by atoms with Crippen LogP contribution in [0.25, 0.3) is 0 Å². The zero-order valence-electron chi connectivity index (χ0n) is 16.6. The van der Waals surface area contributed by atoms with E-state index >= 15 is 0 Å². The Morgan fingerprint density at radius 3 is 2.46 bits per heavy atom. The molecule has 28 heavy (non-hydrogen) atoms. The highest BCUT2D eigenvalue weighted by atomic mass is 16.5. The molecule has 2 aromatic carbocycles. The third-order valence-corrected chi connectivity index (χ3v) is 3.93. The van der Waals surface area contributed by atoms with Crippen molar-refractivity contribution in [1.82, 2.24) is 0 Å². The summed E-state index contributed by atoms with van der Waals surface area (Å²) < 4.78 is 21.5. The van der Waals surface area contributed by atoms with Crippen molar-refractivity contribution in [2.75, 3.05) is 38.9 Å². The fraction of sp³-hybridized carbons (Fsp3) is 0.409. The highest BCUT2D eigenvalue weighted by Crippen LogP contribution is 2.17. The number of benzene rings is 2. The number of methoxy groups -OCH3 is 1. The van der Waals surface area contributed by atoms with Crippen LogP contribution in [0.1, 0.15) is 25.3 Å². The van der Waals surface area contributed by atoms with Gasteiger partial charge in [0.15, 0.2) is 0 Å². The summed E-state index contributed by atoms with van der Waals surface area (Å²) in [5.41, 5.74) is 1.78. The summed E-state index contributed by atoms with van der Waals surface area (Å²) in [6.07, 6.45) is 1.03. The van der Waals surface area contributed by atoms with Gasteiger partial charge in [0, 0.05) is 18.7 Å². The lowest BCUT2D eigenvalue weighted by Gasteiger charge is -2.09. The third-order valence-electron chi connectivity index (χ3n) is 3.93. The fourth-order valence-electron chi connectivity index (χ4n) is 2.51. The van der Waals surface area contributed by atoms with E-state index in [0.717, 1.165) is 22.7 Å². The van der Waals surface area contributed by atoms with Crippen LogP contribution in [0.2, 0.25) is 0 Å². The number of carbonyl (C=O) groups is 1. The Bertz CT molecular complexity index is 702. The standard InChI is InChI=1S/C22H29NO5/c1-3-26-14-15-27-17-18-6-4-7-19(16-18)23-22(24)8-5-13-28-21-11-9-20(25-2)10-12-21/h4,6-7,9-12,16H,3,5,8,13-15,17H2,1-2H3,(H,23,24). The van der Waals surface area contributed by atoms with Crippen LogP contribution in [-0.4, -0.2) is 39.4 Å². The van der Waals surface area contributed by atoms with E-state index in [0.29, 0.717) is 45.9 Å². The van der Waals surface area contributed by atoms with Gasteiger partial charge in [0.1, 0.15) is 11.5 Å². The second kappa shape index (κ2) is 12.8. The van der Waals surface area contributed by atoms with Gasteiger partial charge in [-0.15, -0.1) is 0 Å². The van der Waals surface area contributed by atoms with Gasteiger partial charge >= 0.3 is 0 Å². The average Bonchev–Trinajstić information content (AvgIpc) is 2.72. The smallest absolute Gasteiger partial charge is 0.224 e. The number of hydrogen-bond acceptors (Lipinski definition) is 5. The molecule has 0 fully saturated rings. The van der Waals surface area contributed by atoms with E-state index in [-0.39, 0.29) is 5.91 Å². The largest absolute Gasteiger partial charge is 0.497 e. The molecule has 6 heteroatoms. The van der Waals surface area contributed by atoms with E-state index in [9.17, 15) is 4.79 Å². The second-order valence-corrected chi connectivity index (χ2v) is 6.13. The van der Waals surface area contributed by atoms with Gasteiger partial charge in [-0.25, -0.2) is 0 Å². The SMILES string of the molecule is CCOCCOCc1cccc(NC(=O)CCCOc2ccc(OC)cc2)c1. The second-order valence-electron chi connectivity index (χ2n) is 6.13. The molecule has 0 aromatic heterocycles. The average molecular weight is 387 g/mol. The first-order valence-electron chi connectivity index (χ1n) is 9.52. The molecule has 0 radical (unpaired) electrons. The zero-order chi connectivity index (χ0) is 20.0. The van der Waals surface area contributed by atoms with Gasteiger partial charge in [-0.3, -0.25) is 4.79 Å². The van der Waals surface area contributed by atoms with Crippen LogP contribution in [0, 0.1) is 0 Å². The van der Waals surface area contributed by atoms with Gasteiger partial charge in [0.05, 0.1) is 33.5 Å². The van der Waals surface area contributed by atoms with Crippen molar-refractivity contribution in [1.29, 1.82) is 0 Å². The molecule has 0 spiro atoms. The van der Waals surface area contributed by atoms with Crippen LogP contribution < -0.4 is 14.8 Å². The number of carbonyl (C=O) groups excluding carboxylic acids is 1. The Kier molecular flexibility index (Phi) is 9.89. The van der Waals surface area contributed by atoms with Crippen molar-refractivity contribution in [2.45, 2.75) is 26.4 Å². The Balaban J connectivity index is 1.65. The first-order chi connectivity index (χ1) is 13.7. The first kappa shape index (κ1) is 21.7. The van der Waals surface area contributed by atoms with Gasteiger partial charge in [-0.1, -0.05) is 12.1 Å². The van der Waals surface area contributed by atoms with Crippen molar-refractivity contribution in [3.63, 3.8) is 0 Å². The number of nitrogens with one attached hydrogen (secondary N) is 1. The predicted molar refractivity (Wildman–Crippen MR) is 109 cm³/mol. The van der Waals surface area contributed by atoms with Gasteiger partial charge < -0.3 is 24.3 Å². The van der Waals surface area contributed by atoms with E-state index in [1.54, 1.807) is 7.11 Å². The number of ether oxygens (including phenoxy) is 4. The molecule has 0 saturated carbocycles. The Morgan fingerprint density at radius 1 is 0.964 bits per heavy atom. The molecular formula is C22H29NO5. The minimum absolute atomic E-state index is 0.0345. The molecule has 0 aliphatic carbocycles. The summed E-state index contributed by atoms with van der Waals surface area (Å²) in [4.78, 5) is 12.1. The van der Waals surface area contributed by atoms with Crippen LogP contribution in [0.3, 0.4) is 0 Å². The minimum atomic E-state index is -0.0345. The Hall–Kier alpha value is -2.57. The first-order valence-corrected chi connectivity index (χ1v) is 9.52. The molecule has 0 aliphatic heterocycles. The summed E-state index contributed by atoms with van der Waals surface area (Å²) in [7, 11) is 1.62. The molecule has 0 heterocycles. The lowest BCUT2D eigenvalue weighted by atomic mass is 10.2. The number of hydrogen-bond donors (Lipinski definition) is 1. The van der Waals surface area contributed by atoms with Crippen molar-refractivity contribution in [3.8, 4) is 11.5 Å². The molecule has 2 aromatic rings. The summed E-state index contributed by atoms with van der Waals surface area (Å²) in [5.74, 6) is 1.51. The molecule has 1 N–H and O–H groups in total. The topological polar surface area (TPSA) is 66.0 Å². The molecule has 152 valence electrons. The molecule has 0 saturated heterocycles. The molecule has 0 aliphatic rings. The molecular weight excluding hydrogens is 358 g/mol. The van der Waals surface area contributed by atoms with Crippen molar-refractivity contribution in [2.24, 2.45) is 0 Å². The Labute approximate surface area is 166 Å². The lowest BCUT2D eigenvalue weighted by molar-refractivity contribution is -0.116. The minimum Gasteiger partial charge on any atom is -0.497 e. The van der Waals surface area contributed by atoms with Crippen molar-refractivity contribution >= 4 is 11.6 Å². The van der Waals surface area contributed by atoms with Crippen LogP contribution in [0.4, 0.5) is 5.69 Å². The summed E-state index contributed by atoms with van der Waals surface area (Å²) >= 11 is 0. The van der Waals surface area contributed by atoms with E-state index in [2.05, 4.69) is 5.32 Å². The van der Waals surface area contributed by atoms with Crippen molar-refractivity contribution in [3.05, 3.63) is 54.1 Å². The van der Waals surface area contributed by atoms with E-state index in [4.69, 9.17) is 18.9 Å². The van der Waals surface area contributed by atoms with Crippen LogP contribution in [0.5, 0.6) is 11.5 Å². The molecule has 2 rings (SSSR count). The lowest BCUT2D eigenvalue weighted by Crippen LogP contribution is -2.13. The summed E-state index contributed by atoms with van der Waals surface area (Å²) in [5, 5.41) is 2.92. The predicted octanol–water partition coefficient (Wildman–Crippen LogP) is 4.05. The van der Waals surface area contributed by atoms with E-state index < -0.39 is 0 Å². The van der Waals surface area contributed by atoms with E-state index in [1.807, 2.05) is 55.5 Å². The Morgan fingerprint density at radius 2 is 1.71 bits per heavy atom. The monoisotopic (exact) mass is 387 g/mol. The normalized spacial score (nSPS) is 10.5. The third kappa shape index (κ3) is 8.41. The molecule has 6 nitrogen and oxygen atoms in total. The number of amides is 1. The fourth-order valence-corrected chi connectivity index (χ4v) is 2.51. The number of rotatable bonds is 13. The van der Waals surface area contributed by atoms with E-state index in [1.165, 1.54) is 0 Å². The number of anilines is 1. The van der Waals surface area contributed by atoms with Crippen LogP contribution in [0.15, 0.2) is 48.5 Å². The summed E-state index contributed by atoms with van der Waals surface area (Å²) in [6, 6.07) is 15.1. The maximum Gasteiger partial charge on any atom is 0.224 e. The molecule has 0 atom stereocenters. The molecule has 0 unspecified atom stereocenters. The van der Waals surface area contributed by atoms with Gasteiger partial charge in [-0.2, -0.15) is 0 Å². The van der Waals surface area contributed by atoms with Crippen LogP contribution in [-0.2, 0) is 20.9 Å². The van der Waals surface area contributed by atoms with Crippen molar-refractivity contribution < 1.29 is 23.7 Å². The van der Waals surface area contributed by atoms with Gasteiger partial charge in [0.25, 0.3) is 0 Å². The highest BCUT2D eigenvalue weighted by Gasteiger charge is 2.04. The maximum absolute atomic E-state index is 12.1. The molecule has 0 bridgehead atoms. The zero-order valence-corrected chi connectivity index (χ0v) is 16.6. The highest BCUT2D eigenvalue weighted by molar-refractivity contribution is 5.90. The van der Waals surface area contributed by atoms with Gasteiger partial charge in [-0.05, 0) is 55.3 Å². The quantitative estimate of drug-likeness (QED) is 0.525.